The first-order chi connectivity index (χ1) is 12.2. The van der Waals surface area contributed by atoms with Crippen molar-refractivity contribution in [2.24, 2.45) is 5.73 Å². The summed E-state index contributed by atoms with van der Waals surface area (Å²) in [5.41, 5.74) is 8.81. The highest BCUT2D eigenvalue weighted by molar-refractivity contribution is 7.98. The topological polar surface area (TPSA) is 46.3 Å². The summed E-state index contributed by atoms with van der Waals surface area (Å²) in [4.78, 5) is 14.5. The number of hydrogen-bond donors (Lipinski definition) is 1. The SMILES string of the molecule is NC(CSCc1ccccc1)C(=O)N1CCC(c2ccccc2)CC1. The molecule has 2 aromatic carbocycles. The van der Waals surface area contributed by atoms with Crippen LogP contribution in [0.25, 0.3) is 0 Å². The van der Waals surface area contributed by atoms with Gasteiger partial charge in [0.2, 0.25) is 5.91 Å². The molecule has 1 aliphatic heterocycles. The van der Waals surface area contributed by atoms with Crippen molar-refractivity contribution in [1.82, 2.24) is 4.90 Å². The number of nitrogens with zero attached hydrogens (tertiary/aromatic N) is 1. The van der Waals surface area contributed by atoms with Crippen molar-refractivity contribution in [3.05, 3.63) is 71.8 Å². The van der Waals surface area contributed by atoms with Gasteiger partial charge < -0.3 is 10.6 Å². The molecule has 3 rings (SSSR count). The number of amides is 1. The Morgan fingerprint density at radius 3 is 2.28 bits per heavy atom. The number of rotatable bonds is 6. The third kappa shape index (κ3) is 5.10. The van der Waals surface area contributed by atoms with Crippen molar-refractivity contribution in [3.8, 4) is 0 Å². The van der Waals surface area contributed by atoms with Crippen LogP contribution < -0.4 is 5.73 Å². The lowest BCUT2D eigenvalue weighted by Gasteiger charge is -2.33. The minimum absolute atomic E-state index is 0.104. The molecule has 1 unspecified atom stereocenters. The van der Waals surface area contributed by atoms with Gasteiger partial charge >= 0.3 is 0 Å². The molecule has 1 saturated heterocycles. The first kappa shape index (κ1) is 18.0. The first-order valence-corrected chi connectivity index (χ1v) is 10.1. The fourth-order valence-corrected chi connectivity index (χ4v) is 4.28. The van der Waals surface area contributed by atoms with E-state index in [2.05, 4.69) is 36.4 Å². The fourth-order valence-electron chi connectivity index (χ4n) is 3.34. The van der Waals surface area contributed by atoms with Crippen LogP contribution in [0.2, 0.25) is 0 Å². The van der Waals surface area contributed by atoms with Crippen LogP contribution in [-0.4, -0.2) is 35.7 Å². The summed E-state index contributed by atoms with van der Waals surface area (Å²) in [5, 5.41) is 0. The standard InChI is InChI=1S/C21H26N2OS/c22-20(16-25-15-17-7-3-1-4-8-17)21(24)23-13-11-19(12-14-23)18-9-5-2-6-10-18/h1-10,19-20H,11-16,22H2. The van der Waals surface area contributed by atoms with Gasteiger partial charge in [-0.25, -0.2) is 0 Å². The summed E-state index contributed by atoms with van der Waals surface area (Å²) in [6, 6.07) is 20.5. The molecule has 1 fully saturated rings. The molecule has 0 radical (unpaired) electrons. The van der Waals surface area contributed by atoms with Gasteiger partial charge in [0.05, 0.1) is 6.04 Å². The number of nitrogens with two attached hydrogens (primary N) is 1. The second-order valence-electron chi connectivity index (χ2n) is 6.62. The number of hydrogen-bond acceptors (Lipinski definition) is 3. The number of likely N-dealkylation sites (tertiary alicyclic amines) is 1. The molecular weight excluding hydrogens is 328 g/mol. The van der Waals surface area contributed by atoms with Crippen molar-refractivity contribution in [2.45, 2.75) is 30.6 Å². The van der Waals surface area contributed by atoms with Crippen LogP contribution in [0.3, 0.4) is 0 Å². The summed E-state index contributed by atoms with van der Waals surface area (Å²) in [6.07, 6.45) is 2.05. The minimum Gasteiger partial charge on any atom is -0.341 e. The van der Waals surface area contributed by atoms with Crippen LogP contribution in [0.1, 0.15) is 29.9 Å². The Morgan fingerprint density at radius 2 is 1.64 bits per heavy atom. The molecule has 0 saturated carbocycles. The molecule has 1 heterocycles. The van der Waals surface area contributed by atoms with Gasteiger partial charge in [-0.2, -0.15) is 11.8 Å². The van der Waals surface area contributed by atoms with E-state index in [1.807, 2.05) is 29.2 Å². The fraction of sp³-hybridized carbons (Fsp3) is 0.381. The van der Waals surface area contributed by atoms with Crippen molar-refractivity contribution in [3.63, 3.8) is 0 Å². The van der Waals surface area contributed by atoms with Gasteiger partial charge in [0.15, 0.2) is 0 Å². The second kappa shape index (κ2) is 9.07. The highest BCUT2D eigenvalue weighted by atomic mass is 32.2. The summed E-state index contributed by atoms with van der Waals surface area (Å²) in [6.45, 7) is 1.63. The van der Waals surface area contributed by atoms with E-state index in [1.165, 1.54) is 11.1 Å². The molecule has 2 aromatic rings. The van der Waals surface area contributed by atoms with E-state index in [0.717, 1.165) is 31.7 Å². The van der Waals surface area contributed by atoms with Gasteiger partial charge in [0, 0.05) is 24.6 Å². The molecule has 1 amide bonds. The predicted molar refractivity (Wildman–Crippen MR) is 106 cm³/mol. The molecule has 0 aliphatic carbocycles. The third-order valence-corrected chi connectivity index (χ3v) is 5.94. The summed E-state index contributed by atoms with van der Waals surface area (Å²) >= 11 is 1.73. The maximum absolute atomic E-state index is 12.6. The van der Waals surface area contributed by atoms with E-state index in [-0.39, 0.29) is 5.91 Å². The van der Waals surface area contributed by atoms with E-state index in [4.69, 9.17) is 5.73 Å². The van der Waals surface area contributed by atoms with Crippen LogP contribution in [-0.2, 0) is 10.5 Å². The van der Waals surface area contributed by atoms with Crippen molar-refractivity contribution >= 4 is 17.7 Å². The zero-order valence-electron chi connectivity index (χ0n) is 14.5. The molecule has 0 bridgehead atoms. The largest absolute Gasteiger partial charge is 0.341 e. The average molecular weight is 355 g/mol. The molecule has 1 atom stereocenters. The Bertz CT molecular complexity index is 654. The molecule has 0 aromatic heterocycles. The lowest BCUT2D eigenvalue weighted by molar-refractivity contribution is -0.133. The highest BCUT2D eigenvalue weighted by Gasteiger charge is 2.26. The lowest BCUT2D eigenvalue weighted by Crippen LogP contribution is -2.48. The Balaban J connectivity index is 1.42. The summed E-state index contributed by atoms with van der Waals surface area (Å²) in [7, 11) is 0. The van der Waals surface area contributed by atoms with E-state index >= 15 is 0 Å². The van der Waals surface area contributed by atoms with E-state index in [0.29, 0.717) is 11.7 Å². The Hall–Kier alpha value is -1.78. The van der Waals surface area contributed by atoms with Crippen LogP contribution in [0.4, 0.5) is 0 Å². The highest BCUT2D eigenvalue weighted by Crippen LogP contribution is 2.28. The average Bonchev–Trinajstić information content (AvgIpc) is 2.69. The van der Waals surface area contributed by atoms with Crippen molar-refractivity contribution in [1.29, 1.82) is 0 Å². The van der Waals surface area contributed by atoms with E-state index < -0.39 is 6.04 Å². The molecule has 4 heteroatoms. The van der Waals surface area contributed by atoms with Crippen LogP contribution >= 0.6 is 11.8 Å². The quantitative estimate of drug-likeness (QED) is 0.861. The number of benzene rings is 2. The molecular formula is C21H26N2OS. The Kier molecular flexibility index (Phi) is 6.54. The second-order valence-corrected chi connectivity index (χ2v) is 7.65. The monoisotopic (exact) mass is 354 g/mol. The minimum atomic E-state index is -0.401. The molecule has 132 valence electrons. The molecule has 1 aliphatic rings. The summed E-state index contributed by atoms with van der Waals surface area (Å²) < 4.78 is 0. The van der Waals surface area contributed by atoms with Gasteiger partial charge in [0.1, 0.15) is 0 Å². The molecule has 0 spiro atoms. The predicted octanol–water partition coefficient (Wildman–Crippen LogP) is 3.65. The van der Waals surface area contributed by atoms with Gasteiger partial charge in [-0.15, -0.1) is 0 Å². The maximum atomic E-state index is 12.6. The molecule has 3 nitrogen and oxygen atoms in total. The smallest absolute Gasteiger partial charge is 0.240 e. The summed E-state index contributed by atoms with van der Waals surface area (Å²) in [5.74, 6) is 2.24. The van der Waals surface area contributed by atoms with Gasteiger partial charge in [0.25, 0.3) is 0 Å². The molecule has 2 N–H and O–H groups in total. The van der Waals surface area contributed by atoms with Crippen LogP contribution in [0.15, 0.2) is 60.7 Å². The Morgan fingerprint density at radius 1 is 1.04 bits per heavy atom. The number of carbonyl (C=O) groups is 1. The zero-order valence-corrected chi connectivity index (χ0v) is 15.3. The van der Waals surface area contributed by atoms with Gasteiger partial charge in [-0.3, -0.25) is 4.79 Å². The van der Waals surface area contributed by atoms with Crippen molar-refractivity contribution in [2.75, 3.05) is 18.8 Å². The number of piperidine rings is 1. The van der Waals surface area contributed by atoms with E-state index in [1.54, 1.807) is 11.8 Å². The zero-order chi connectivity index (χ0) is 17.5. The van der Waals surface area contributed by atoms with Gasteiger partial charge in [-0.1, -0.05) is 60.7 Å². The number of carbonyl (C=O) groups excluding carboxylic acids is 1. The normalized spacial score (nSPS) is 16.6. The maximum Gasteiger partial charge on any atom is 0.240 e. The molecule has 25 heavy (non-hydrogen) atoms. The number of thioether (sulfide) groups is 1. The van der Waals surface area contributed by atoms with Crippen LogP contribution in [0, 0.1) is 0 Å². The first-order valence-electron chi connectivity index (χ1n) is 8.95. The third-order valence-electron chi connectivity index (χ3n) is 4.80. The lowest BCUT2D eigenvalue weighted by atomic mass is 9.89. The van der Waals surface area contributed by atoms with Crippen molar-refractivity contribution < 1.29 is 4.79 Å². The van der Waals surface area contributed by atoms with Crippen LogP contribution in [0.5, 0.6) is 0 Å². The Labute approximate surface area is 154 Å². The van der Waals surface area contributed by atoms with Gasteiger partial charge in [-0.05, 0) is 29.9 Å². The van der Waals surface area contributed by atoms with E-state index in [9.17, 15) is 4.79 Å².